The van der Waals surface area contributed by atoms with E-state index in [1.165, 1.54) is 0 Å². The summed E-state index contributed by atoms with van der Waals surface area (Å²) < 4.78 is 35.7. The van der Waals surface area contributed by atoms with Crippen LogP contribution in [0.15, 0.2) is 116 Å². The van der Waals surface area contributed by atoms with Gasteiger partial charge in [-0.2, -0.15) is 0 Å². The van der Waals surface area contributed by atoms with E-state index in [0.29, 0.717) is 45.1 Å². The summed E-state index contributed by atoms with van der Waals surface area (Å²) in [6.45, 7) is 7.39. The number of carbonyl (C=O) groups is 1. The topological polar surface area (TPSA) is 84.5 Å². The Morgan fingerprint density at radius 2 is 1.60 bits per heavy atom. The van der Waals surface area contributed by atoms with Crippen molar-refractivity contribution in [3.8, 4) is 17.2 Å². The van der Waals surface area contributed by atoms with Crippen LogP contribution < -0.4 is 19.5 Å². The van der Waals surface area contributed by atoms with E-state index in [2.05, 4.69) is 42.2 Å². The minimum Gasteiger partial charge on any atom is -0.496 e. The van der Waals surface area contributed by atoms with Crippen molar-refractivity contribution in [3.05, 3.63) is 144 Å². The van der Waals surface area contributed by atoms with Gasteiger partial charge in [0.2, 0.25) is 0 Å². The van der Waals surface area contributed by atoms with Crippen LogP contribution in [0, 0.1) is 5.92 Å². The summed E-state index contributed by atoms with van der Waals surface area (Å²) in [4.78, 5) is 13.1. The number of methoxy groups -OCH3 is 2. The van der Waals surface area contributed by atoms with E-state index < -0.39 is 0 Å². The van der Waals surface area contributed by atoms with Crippen molar-refractivity contribution in [2.45, 2.75) is 31.7 Å². The average molecular weight is 702 g/mol. The minimum atomic E-state index is -0.351. The second-order valence-corrected chi connectivity index (χ2v) is 12.9. The van der Waals surface area contributed by atoms with E-state index in [-0.39, 0.29) is 30.5 Å². The standard InChI is InChI=1S/C44H47NO7/c1-4-31-14-16-34(17-15-31)44(46)52-30-37-26-45-27-42(51-28-32-24-35-10-5-7-12-39(35)41(25-32)48-3)43(37)33-18-20-38(21-19-33)50-23-9-22-49-29-36-11-6-8-13-40(36)47-2/h4-8,10-21,24-25,37,42-43,45H,1,9,22-23,26-30H2,2-3H3. The summed E-state index contributed by atoms with van der Waals surface area (Å²) in [5.41, 5.74) is 4.61. The molecule has 1 heterocycles. The van der Waals surface area contributed by atoms with Crippen molar-refractivity contribution in [2.75, 3.05) is 47.1 Å². The Morgan fingerprint density at radius 3 is 2.38 bits per heavy atom. The maximum Gasteiger partial charge on any atom is 0.338 e. The van der Waals surface area contributed by atoms with Gasteiger partial charge in [0.05, 0.1) is 58.9 Å². The molecule has 1 saturated heterocycles. The molecule has 3 atom stereocenters. The van der Waals surface area contributed by atoms with Gasteiger partial charge in [-0.15, -0.1) is 0 Å². The number of benzene rings is 5. The highest BCUT2D eigenvalue weighted by molar-refractivity contribution is 5.90. The number of ether oxygens (including phenoxy) is 6. The molecule has 8 nitrogen and oxygen atoms in total. The van der Waals surface area contributed by atoms with Crippen molar-refractivity contribution in [1.82, 2.24) is 5.32 Å². The maximum absolute atomic E-state index is 13.1. The molecule has 0 spiro atoms. The molecule has 0 saturated carbocycles. The normalized spacial score (nSPS) is 17.0. The molecular weight excluding hydrogens is 654 g/mol. The second-order valence-electron chi connectivity index (χ2n) is 12.9. The summed E-state index contributed by atoms with van der Waals surface area (Å²) in [6, 6.07) is 35.7. The maximum atomic E-state index is 13.1. The van der Waals surface area contributed by atoms with Crippen molar-refractivity contribution >= 4 is 22.8 Å². The Kier molecular flexibility index (Phi) is 12.9. The highest BCUT2D eigenvalue weighted by atomic mass is 16.5. The lowest BCUT2D eigenvalue weighted by Gasteiger charge is -2.38. The molecule has 5 aromatic carbocycles. The second kappa shape index (κ2) is 18.4. The third kappa shape index (κ3) is 9.39. The predicted octanol–water partition coefficient (Wildman–Crippen LogP) is 8.23. The largest absolute Gasteiger partial charge is 0.496 e. The SMILES string of the molecule is C=Cc1ccc(C(=O)OCC2CNCC(OCc3cc(OC)c4ccccc4c3)C2c2ccc(OCCCOCc3ccccc3OC)cc2)cc1. The third-order valence-electron chi connectivity index (χ3n) is 9.46. The van der Waals surface area contributed by atoms with Crippen molar-refractivity contribution in [1.29, 1.82) is 0 Å². The van der Waals surface area contributed by atoms with Crippen LogP contribution in [0.2, 0.25) is 0 Å². The lowest BCUT2D eigenvalue weighted by molar-refractivity contribution is -0.0204. The number of para-hydroxylation sites is 1. The molecule has 52 heavy (non-hydrogen) atoms. The van der Waals surface area contributed by atoms with Crippen LogP contribution in [0.5, 0.6) is 17.2 Å². The fraction of sp³-hybridized carbons (Fsp3) is 0.295. The molecule has 0 radical (unpaired) electrons. The number of hydrogen-bond acceptors (Lipinski definition) is 8. The first-order chi connectivity index (χ1) is 25.6. The molecule has 3 unspecified atom stereocenters. The van der Waals surface area contributed by atoms with E-state index >= 15 is 0 Å². The van der Waals surface area contributed by atoms with Gasteiger partial charge in [0.1, 0.15) is 17.2 Å². The van der Waals surface area contributed by atoms with Gasteiger partial charge in [-0.05, 0) is 64.5 Å². The summed E-state index contributed by atoms with van der Waals surface area (Å²) >= 11 is 0. The van der Waals surface area contributed by atoms with E-state index in [1.807, 2.05) is 66.7 Å². The van der Waals surface area contributed by atoms with Crippen LogP contribution in [0.3, 0.4) is 0 Å². The molecule has 270 valence electrons. The monoisotopic (exact) mass is 701 g/mol. The average Bonchev–Trinajstić information content (AvgIpc) is 3.20. The molecule has 1 fully saturated rings. The molecule has 1 N–H and O–H groups in total. The van der Waals surface area contributed by atoms with E-state index in [4.69, 9.17) is 28.4 Å². The van der Waals surface area contributed by atoms with E-state index in [1.54, 1.807) is 32.4 Å². The van der Waals surface area contributed by atoms with Gasteiger partial charge >= 0.3 is 5.97 Å². The smallest absolute Gasteiger partial charge is 0.338 e. The van der Waals surface area contributed by atoms with Crippen LogP contribution in [-0.4, -0.2) is 59.2 Å². The highest BCUT2D eigenvalue weighted by Gasteiger charge is 2.36. The summed E-state index contributed by atoms with van der Waals surface area (Å²) in [5, 5.41) is 5.69. The molecule has 8 heteroatoms. The van der Waals surface area contributed by atoms with Crippen LogP contribution in [0.25, 0.3) is 16.8 Å². The first kappa shape index (κ1) is 36.6. The van der Waals surface area contributed by atoms with Gasteiger partial charge < -0.3 is 33.7 Å². The van der Waals surface area contributed by atoms with Crippen LogP contribution in [-0.2, 0) is 27.4 Å². The lowest BCUT2D eigenvalue weighted by atomic mass is 9.79. The molecule has 0 aliphatic carbocycles. The number of carbonyl (C=O) groups excluding carboxylic acids is 1. The van der Waals surface area contributed by atoms with Gasteiger partial charge in [-0.3, -0.25) is 0 Å². The predicted molar refractivity (Wildman–Crippen MR) is 204 cm³/mol. The summed E-state index contributed by atoms with van der Waals surface area (Å²) in [7, 11) is 3.36. The number of fused-ring (bicyclic) bond motifs is 1. The zero-order chi connectivity index (χ0) is 36.1. The molecule has 5 aromatic rings. The quantitative estimate of drug-likeness (QED) is 0.0767. The van der Waals surface area contributed by atoms with Gasteiger partial charge in [-0.25, -0.2) is 4.79 Å². The number of rotatable bonds is 17. The molecule has 1 aliphatic heterocycles. The summed E-state index contributed by atoms with van der Waals surface area (Å²) in [6.07, 6.45) is 2.33. The Labute approximate surface area is 306 Å². The highest BCUT2D eigenvalue weighted by Crippen LogP contribution is 2.35. The first-order valence-corrected chi connectivity index (χ1v) is 17.8. The molecule has 6 rings (SSSR count). The number of hydrogen-bond donors (Lipinski definition) is 1. The third-order valence-corrected chi connectivity index (χ3v) is 9.46. The molecule has 0 aromatic heterocycles. The van der Waals surface area contributed by atoms with Gasteiger partial charge in [0.25, 0.3) is 0 Å². The molecular formula is C44H47NO7. The Bertz CT molecular complexity index is 1910. The van der Waals surface area contributed by atoms with Crippen molar-refractivity contribution in [2.24, 2.45) is 5.92 Å². The number of nitrogens with one attached hydrogen (secondary N) is 1. The van der Waals surface area contributed by atoms with Crippen molar-refractivity contribution < 1.29 is 33.2 Å². The fourth-order valence-electron chi connectivity index (χ4n) is 6.73. The van der Waals surface area contributed by atoms with Crippen LogP contribution >= 0.6 is 0 Å². The van der Waals surface area contributed by atoms with Gasteiger partial charge in [0, 0.05) is 42.3 Å². The molecule has 1 aliphatic rings. The van der Waals surface area contributed by atoms with Gasteiger partial charge in [-0.1, -0.05) is 79.4 Å². The summed E-state index contributed by atoms with van der Waals surface area (Å²) in [5.74, 6) is 2.03. The Hall–Kier alpha value is -5.15. The zero-order valence-electron chi connectivity index (χ0n) is 29.9. The number of esters is 1. The first-order valence-electron chi connectivity index (χ1n) is 17.8. The lowest BCUT2D eigenvalue weighted by Crippen LogP contribution is -2.48. The fourth-order valence-corrected chi connectivity index (χ4v) is 6.73. The molecule has 0 amide bonds. The molecule has 0 bridgehead atoms. The van der Waals surface area contributed by atoms with Crippen molar-refractivity contribution in [3.63, 3.8) is 0 Å². The number of piperidine rings is 1. The zero-order valence-corrected chi connectivity index (χ0v) is 29.9. The minimum absolute atomic E-state index is 0.0200. The van der Waals surface area contributed by atoms with E-state index in [0.717, 1.165) is 56.7 Å². The Morgan fingerprint density at radius 1 is 0.827 bits per heavy atom. The Balaban J connectivity index is 1.11. The van der Waals surface area contributed by atoms with Crippen LogP contribution in [0.4, 0.5) is 0 Å². The van der Waals surface area contributed by atoms with E-state index in [9.17, 15) is 4.79 Å². The van der Waals surface area contributed by atoms with Gasteiger partial charge in [0.15, 0.2) is 0 Å². The van der Waals surface area contributed by atoms with Crippen LogP contribution in [0.1, 0.15) is 45.0 Å².